The van der Waals surface area contributed by atoms with Gasteiger partial charge in [-0.15, -0.1) is 0 Å². The average Bonchev–Trinajstić information content (AvgIpc) is 2.16. The summed E-state index contributed by atoms with van der Waals surface area (Å²) in [5.41, 5.74) is -0.153. The molecular formula is C10H4FNO2. The van der Waals surface area contributed by atoms with E-state index in [9.17, 15) is 9.18 Å². The fourth-order valence-corrected chi connectivity index (χ4v) is 0.867. The van der Waals surface area contributed by atoms with Gasteiger partial charge in [-0.25, -0.2) is 9.18 Å². The maximum Gasteiger partial charge on any atom is 0.338 e. The van der Waals surface area contributed by atoms with Gasteiger partial charge in [0.05, 0.1) is 5.56 Å². The molecule has 1 rings (SSSR count). The summed E-state index contributed by atoms with van der Waals surface area (Å²) >= 11 is 0. The minimum absolute atomic E-state index is 0.297. The molecular weight excluding hydrogens is 185 g/mol. The molecule has 0 fully saturated rings. The highest BCUT2D eigenvalue weighted by atomic mass is 19.1. The van der Waals surface area contributed by atoms with Crippen LogP contribution in [0, 0.1) is 29.0 Å². The number of aromatic carboxylic acids is 1. The van der Waals surface area contributed by atoms with E-state index in [4.69, 9.17) is 10.4 Å². The summed E-state index contributed by atoms with van der Waals surface area (Å²) in [4.78, 5) is 10.5. The Bertz CT molecular complexity index is 477. The number of nitrogens with zero attached hydrogens (tertiary/aromatic N) is 1. The van der Waals surface area contributed by atoms with Gasteiger partial charge in [0.1, 0.15) is 5.82 Å². The molecule has 0 unspecified atom stereocenters. The first-order chi connectivity index (χ1) is 6.65. The molecule has 68 valence electrons. The largest absolute Gasteiger partial charge is 0.478 e. The number of halogens is 1. The Labute approximate surface area is 79.4 Å². The highest BCUT2D eigenvalue weighted by molar-refractivity contribution is 5.88. The lowest BCUT2D eigenvalue weighted by molar-refractivity contribution is 0.0692. The molecule has 0 aromatic heterocycles. The van der Waals surface area contributed by atoms with E-state index in [1.165, 1.54) is 6.07 Å². The maximum absolute atomic E-state index is 12.8. The molecule has 1 N–H and O–H groups in total. The van der Waals surface area contributed by atoms with Gasteiger partial charge in [-0.05, 0) is 18.2 Å². The lowest BCUT2D eigenvalue weighted by Gasteiger charge is -1.96. The van der Waals surface area contributed by atoms with Gasteiger partial charge in [-0.2, -0.15) is 5.26 Å². The standard InChI is InChI=1S/C10H4FNO2/c11-9-4-3-7(2-1-5-12)6-8(9)10(13)14/h3-4,6H,(H,13,14). The van der Waals surface area contributed by atoms with Crippen molar-refractivity contribution < 1.29 is 14.3 Å². The number of hydrogen-bond acceptors (Lipinski definition) is 2. The van der Waals surface area contributed by atoms with Crippen LogP contribution < -0.4 is 0 Å². The predicted octanol–water partition coefficient (Wildman–Crippen LogP) is 1.40. The quantitative estimate of drug-likeness (QED) is 0.679. The fourth-order valence-electron chi connectivity index (χ4n) is 0.867. The van der Waals surface area contributed by atoms with E-state index in [2.05, 4.69) is 11.8 Å². The molecule has 0 aliphatic rings. The van der Waals surface area contributed by atoms with Crippen LogP contribution in [0.15, 0.2) is 18.2 Å². The predicted molar refractivity (Wildman–Crippen MR) is 45.9 cm³/mol. The minimum atomic E-state index is -1.36. The molecule has 14 heavy (non-hydrogen) atoms. The molecule has 4 heteroatoms. The number of rotatable bonds is 1. The molecule has 0 bridgehead atoms. The highest BCUT2D eigenvalue weighted by Gasteiger charge is 2.09. The molecule has 0 spiro atoms. The van der Waals surface area contributed by atoms with Crippen molar-refractivity contribution in [3.8, 4) is 17.9 Å². The smallest absolute Gasteiger partial charge is 0.338 e. The Kier molecular flexibility index (Phi) is 2.83. The summed E-state index contributed by atoms with van der Waals surface area (Å²) in [5.74, 6) is 2.29. The molecule has 3 nitrogen and oxygen atoms in total. The normalized spacial score (nSPS) is 8.29. The van der Waals surface area contributed by atoms with Gasteiger partial charge in [-0.1, -0.05) is 5.92 Å². The molecule has 0 heterocycles. The van der Waals surface area contributed by atoms with Crippen molar-refractivity contribution in [1.82, 2.24) is 0 Å². The van der Waals surface area contributed by atoms with E-state index in [0.717, 1.165) is 12.1 Å². The van der Waals surface area contributed by atoms with E-state index >= 15 is 0 Å². The van der Waals surface area contributed by atoms with Crippen molar-refractivity contribution in [2.75, 3.05) is 0 Å². The van der Waals surface area contributed by atoms with Crippen LogP contribution >= 0.6 is 0 Å². The zero-order valence-corrected chi connectivity index (χ0v) is 6.91. The fraction of sp³-hybridized carbons (Fsp3) is 0. The highest BCUT2D eigenvalue weighted by Crippen LogP contribution is 2.09. The van der Waals surface area contributed by atoms with Gasteiger partial charge in [0.2, 0.25) is 0 Å². The van der Waals surface area contributed by atoms with Crippen LogP contribution in [0.4, 0.5) is 4.39 Å². The van der Waals surface area contributed by atoms with Crippen molar-refractivity contribution in [3.05, 3.63) is 35.1 Å². The second kappa shape index (κ2) is 4.06. The first-order valence-corrected chi connectivity index (χ1v) is 3.58. The van der Waals surface area contributed by atoms with Gasteiger partial charge in [0.25, 0.3) is 0 Å². The van der Waals surface area contributed by atoms with Crippen LogP contribution in [0.1, 0.15) is 15.9 Å². The summed E-state index contributed by atoms with van der Waals surface area (Å²) in [7, 11) is 0. The van der Waals surface area contributed by atoms with Gasteiger partial charge >= 0.3 is 5.97 Å². The molecule has 0 atom stereocenters. The summed E-state index contributed by atoms with van der Waals surface area (Å²) in [6, 6.07) is 4.98. The molecule has 1 aromatic rings. The third-order valence-corrected chi connectivity index (χ3v) is 1.46. The monoisotopic (exact) mass is 189 g/mol. The lowest BCUT2D eigenvalue weighted by atomic mass is 10.1. The number of nitriles is 1. The van der Waals surface area contributed by atoms with E-state index in [1.54, 1.807) is 6.07 Å². The van der Waals surface area contributed by atoms with E-state index in [-0.39, 0.29) is 0 Å². The summed E-state index contributed by atoms with van der Waals surface area (Å²) < 4.78 is 12.8. The van der Waals surface area contributed by atoms with Crippen molar-refractivity contribution >= 4 is 5.97 Å². The van der Waals surface area contributed by atoms with Crippen LogP contribution in [0.2, 0.25) is 0 Å². The Balaban J connectivity index is 3.21. The Morgan fingerprint density at radius 1 is 1.50 bits per heavy atom. The van der Waals surface area contributed by atoms with Crippen LogP contribution in [0.3, 0.4) is 0 Å². The van der Waals surface area contributed by atoms with E-state index < -0.39 is 17.3 Å². The number of carboxylic acid groups (broad SMARTS) is 1. The maximum atomic E-state index is 12.8. The van der Waals surface area contributed by atoms with Crippen molar-refractivity contribution in [3.63, 3.8) is 0 Å². The van der Waals surface area contributed by atoms with Gasteiger partial charge in [-0.3, -0.25) is 0 Å². The zero-order chi connectivity index (χ0) is 10.6. The Hall–Kier alpha value is -2.33. The Morgan fingerprint density at radius 3 is 2.79 bits per heavy atom. The second-order valence-electron chi connectivity index (χ2n) is 2.36. The molecule has 1 aromatic carbocycles. The molecule has 0 aliphatic heterocycles. The van der Waals surface area contributed by atoms with Crippen LogP contribution in [0.25, 0.3) is 0 Å². The summed E-state index contributed by atoms with van der Waals surface area (Å²) in [5, 5.41) is 16.7. The second-order valence-corrected chi connectivity index (χ2v) is 2.36. The Morgan fingerprint density at radius 2 is 2.21 bits per heavy atom. The molecule has 0 saturated carbocycles. The molecule has 0 saturated heterocycles. The molecule has 0 amide bonds. The van der Waals surface area contributed by atoms with Crippen molar-refractivity contribution in [1.29, 1.82) is 5.26 Å². The van der Waals surface area contributed by atoms with Gasteiger partial charge in [0, 0.05) is 11.5 Å². The van der Waals surface area contributed by atoms with E-state index in [0.29, 0.717) is 5.56 Å². The van der Waals surface area contributed by atoms with Crippen LogP contribution in [0.5, 0.6) is 0 Å². The third kappa shape index (κ3) is 2.09. The lowest BCUT2D eigenvalue weighted by Crippen LogP contribution is -2.00. The first kappa shape index (κ1) is 9.76. The molecule has 0 aliphatic carbocycles. The number of carbonyl (C=O) groups is 1. The minimum Gasteiger partial charge on any atom is -0.478 e. The number of carboxylic acids is 1. The van der Waals surface area contributed by atoms with Gasteiger partial charge < -0.3 is 5.11 Å². The number of hydrogen-bond donors (Lipinski definition) is 1. The third-order valence-electron chi connectivity index (χ3n) is 1.46. The summed E-state index contributed by atoms with van der Waals surface area (Å²) in [6.07, 6.45) is 0. The number of benzene rings is 1. The summed E-state index contributed by atoms with van der Waals surface area (Å²) in [6.45, 7) is 0. The SMILES string of the molecule is N#CC#Cc1ccc(F)c(C(=O)O)c1. The topological polar surface area (TPSA) is 61.1 Å². The zero-order valence-electron chi connectivity index (χ0n) is 6.91. The van der Waals surface area contributed by atoms with Gasteiger partial charge in [0.15, 0.2) is 6.07 Å². The first-order valence-electron chi connectivity index (χ1n) is 3.58. The van der Waals surface area contributed by atoms with Crippen molar-refractivity contribution in [2.45, 2.75) is 0 Å². The average molecular weight is 189 g/mol. The van der Waals surface area contributed by atoms with Crippen molar-refractivity contribution in [2.24, 2.45) is 0 Å². The molecule has 0 radical (unpaired) electrons. The van der Waals surface area contributed by atoms with Crippen LogP contribution in [-0.2, 0) is 0 Å². The van der Waals surface area contributed by atoms with E-state index in [1.807, 2.05) is 0 Å². The van der Waals surface area contributed by atoms with Crippen LogP contribution in [-0.4, -0.2) is 11.1 Å².